The van der Waals surface area contributed by atoms with Crippen LogP contribution < -0.4 is 10.6 Å². The van der Waals surface area contributed by atoms with Crippen LogP contribution in [0.15, 0.2) is 0 Å². The zero-order valence-electron chi connectivity index (χ0n) is 19.1. The van der Waals surface area contributed by atoms with Gasteiger partial charge in [-0.3, -0.25) is 9.59 Å². The summed E-state index contributed by atoms with van der Waals surface area (Å²) < 4.78 is 10.3. The van der Waals surface area contributed by atoms with E-state index in [0.29, 0.717) is 6.42 Å². The maximum Gasteiger partial charge on any atom is 0.329 e. The van der Waals surface area contributed by atoms with Crippen LogP contribution in [0, 0.1) is 5.92 Å². The van der Waals surface area contributed by atoms with Gasteiger partial charge in [-0.25, -0.2) is 4.79 Å². The number of carboxylic acids is 1. The monoisotopic (exact) mass is 464 g/mol. The molecule has 1 rings (SSSR count). The number of hydrogen-bond acceptors (Lipinski definition) is 10. The van der Waals surface area contributed by atoms with Crippen LogP contribution in [0.4, 0.5) is 0 Å². The number of carbonyl (C=O) groups excluding carboxylic acids is 2. The fourth-order valence-electron chi connectivity index (χ4n) is 3.09. The van der Waals surface area contributed by atoms with E-state index >= 15 is 0 Å². The van der Waals surface area contributed by atoms with Crippen LogP contribution in [0.25, 0.3) is 0 Å². The van der Waals surface area contributed by atoms with Gasteiger partial charge in [-0.05, 0) is 26.7 Å². The lowest BCUT2D eigenvalue weighted by molar-refractivity contribution is -0.318. The molecule has 7 N–H and O–H groups in total. The predicted octanol–water partition coefficient (Wildman–Crippen LogP) is -1.91. The number of ether oxygens (including phenoxy) is 2. The highest BCUT2D eigenvalue weighted by Crippen LogP contribution is 2.24. The lowest BCUT2D eigenvalue weighted by Gasteiger charge is -2.42. The maximum absolute atomic E-state index is 12.9. The van der Waals surface area contributed by atoms with Crippen molar-refractivity contribution in [1.82, 2.24) is 10.6 Å². The quantitative estimate of drug-likeness (QED) is 0.178. The molecular weight excluding hydrogens is 428 g/mol. The van der Waals surface area contributed by atoms with Crippen molar-refractivity contribution in [2.24, 2.45) is 5.92 Å². The summed E-state index contributed by atoms with van der Waals surface area (Å²) in [5.41, 5.74) is -0.893. The summed E-state index contributed by atoms with van der Waals surface area (Å²) in [6, 6.07) is -2.45. The SMILES string of the molecule is CC[C@H](C)[C@H](NCC1(O)OC[C@@H](O)[C@@H](O)[C@@H]1O)C(=O)N[C@@H](CC(=O)O)C(=O)OC(C)(C)C. The number of esters is 1. The smallest absolute Gasteiger partial charge is 0.329 e. The minimum absolute atomic E-state index is 0.334. The fourth-order valence-corrected chi connectivity index (χ4v) is 3.09. The molecule has 0 aromatic rings. The summed E-state index contributed by atoms with van der Waals surface area (Å²) in [6.07, 6.45) is -5.07. The Kier molecular flexibility index (Phi) is 10.00. The van der Waals surface area contributed by atoms with Gasteiger partial charge < -0.3 is 45.6 Å². The summed E-state index contributed by atoms with van der Waals surface area (Å²) >= 11 is 0. The molecule has 1 heterocycles. The summed E-state index contributed by atoms with van der Waals surface area (Å²) in [4.78, 5) is 36.5. The highest BCUT2D eigenvalue weighted by atomic mass is 16.6. The molecular formula is C20H36N2O10. The number of carboxylic acid groups (broad SMARTS) is 1. The summed E-state index contributed by atoms with van der Waals surface area (Å²) in [5.74, 6) is -5.55. The van der Waals surface area contributed by atoms with Crippen molar-refractivity contribution >= 4 is 17.8 Å². The van der Waals surface area contributed by atoms with Crippen molar-refractivity contribution in [2.45, 2.75) is 89.2 Å². The molecule has 0 radical (unpaired) electrons. The van der Waals surface area contributed by atoms with Gasteiger partial charge >= 0.3 is 11.9 Å². The van der Waals surface area contributed by atoms with Gasteiger partial charge in [0.05, 0.1) is 25.6 Å². The summed E-state index contributed by atoms with van der Waals surface area (Å²) in [5, 5.41) is 54.3. The minimum atomic E-state index is -2.28. The van der Waals surface area contributed by atoms with Gasteiger partial charge in [0.15, 0.2) is 0 Å². The third kappa shape index (κ3) is 7.94. The van der Waals surface area contributed by atoms with E-state index in [-0.39, 0.29) is 5.92 Å². The maximum atomic E-state index is 12.9. The standard InChI is InChI=1S/C20H36N2O10/c1-6-10(2)14(21-9-20(30)16(27)15(26)12(23)8-31-20)17(28)22-11(7-13(24)25)18(29)32-19(3,4)5/h10-12,14-16,21,23,26-27,30H,6-9H2,1-5H3,(H,22,28)(H,24,25)/t10-,11-,12+,14-,15+,16-,20?/m0/s1. The minimum Gasteiger partial charge on any atom is -0.481 e. The van der Waals surface area contributed by atoms with Crippen LogP contribution in [-0.4, -0.2) is 98.3 Å². The molecule has 12 nitrogen and oxygen atoms in total. The van der Waals surface area contributed by atoms with E-state index in [1.807, 2.05) is 0 Å². The number of hydrogen-bond donors (Lipinski definition) is 7. The number of rotatable bonds is 10. The van der Waals surface area contributed by atoms with Crippen LogP contribution in [0.1, 0.15) is 47.5 Å². The number of aliphatic carboxylic acids is 1. The Labute approximate surface area is 186 Å². The van der Waals surface area contributed by atoms with Gasteiger partial charge in [0, 0.05) is 0 Å². The molecule has 7 atom stereocenters. The molecule has 1 aliphatic heterocycles. The zero-order chi connectivity index (χ0) is 24.9. The Bertz CT molecular complexity index is 667. The van der Waals surface area contributed by atoms with Crippen LogP contribution in [-0.2, 0) is 23.9 Å². The molecule has 1 fully saturated rings. The first-order valence-corrected chi connectivity index (χ1v) is 10.5. The van der Waals surface area contributed by atoms with E-state index in [1.165, 1.54) is 0 Å². The molecule has 0 spiro atoms. The molecule has 1 amide bonds. The van der Waals surface area contributed by atoms with E-state index < -0.39 is 79.2 Å². The highest BCUT2D eigenvalue weighted by molar-refractivity contribution is 5.90. The van der Waals surface area contributed by atoms with E-state index in [1.54, 1.807) is 34.6 Å². The molecule has 0 bridgehead atoms. The predicted molar refractivity (Wildman–Crippen MR) is 110 cm³/mol. The Balaban J connectivity index is 2.96. The Morgan fingerprint density at radius 1 is 1.22 bits per heavy atom. The average molecular weight is 465 g/mol. The molecule has 0 aliphatic carbocycles. The van der Waals surface area contributed by atoms with Crippen molar-refractivity contribution in [2.75, 3.05) is 13.2 Å². The average Bonchev–Trinajstić information content (AvgIpc) is 2.67. The van der Waals surface area contributed by atoms with E-state index in [2.05, 4.69) is 10.6 Å². The van der Waals surface area contributed by atoms with Crippen LogP contribution in [0.3, 0.4) is 0 Å². The third-order valence-electron chi connectivity index (χ3n) is 5.14. The number of aliphatic hydroxyl groups is 4. The lowest BCUT2D eigenvalue weighted by atomic mass is 9.94. The van der Waals surface area contributed by atoms with Gasteiger partial charge in [0.25, 0.3) is 0 Å². The van der Waals surface area contributed by atoms with Crippen LogP contribution in [0.2, 0.25) is 0 Å². The van der Waals surface area contributed by atoms with Crippen molar-refractivity contribution in [3.63, 3.8) is 0 Å². The van der Waals surface area contributed by atoms with E-state index in [4.69, 9.17) is 14.6 Å². The highest BCUT2D eigenvalue weighted by Gasteiger charge is 2.49. The van der Waals surface area contributed by atoms with Crippen LogP contribution in [0.5, 0.6) is 0 Å². The van der Waals surface area contributed by atoms with E-state index in [9.17, 15) is 34.8 Å². The Morgan fingerprint density at radius 2 is 1.81 bits per heavy atom. The molecule has 0 aromatic heterocycles. The zero-order valence-corrected chi connectivity index (χ0v) is 19.1. The lowest BCUT2D eigenvalue weighted by Crippen LogP contribution is -2.66. The first kappa shape index (κ1) is 28.2. The van der Waals surface area contributed by atoms with Crippen LogP contribution >= 0.6 is 0 Å². The molecule has 0 saturated carbocycles. The number of carbonyl (C=O) groups is 3. The topological polar surface area (TPSA) is 195 Å². The number of aliphatic hydroxyl groups excluding tert-OH is 3. The normalized spacial score (nSPS) is 29.0. The molecule has 32 heavy (non-hydrogen) atoms. The summed E-state index contributed by atoms with van der Waals surface area (Å²) in [7, 11) is 0. The van der Waals surface area contributed by atoms with Gasteiger partial charge in [0.1, 0.15) is 30.0 Å². The summed E-state index contributed by atoms with van der Waals surface area (Å²) in [6.45, 7) is 7.42. The third-order valence-corrected chi connectivity index (χ3v) is 5.14. The molecule has 1 unspecified atom stereocenters. The molecule has 1 aliphatic rings. The first-order valence-electron chi connectivity index (χ1n) is 10.5. The van der Waals surface area contributed by atoms with Crippen molar-refractivity contribution in [1.29, 1.82) is 0 Å². The molecule has 186 valence electrons. The number of amides is 1. The van der Waals surface area contributed by atoms with E-state index in [0.717, 1.165) is 0 Å². The first-order chi connectivity index (χ1) is 14.6. The second-order valence-corrected chi connectivity index (χ2v) is 9.10. The second kappa shape index (κ2) is 11.3. The van der Waals surface area contributed by atoms with Gasteiger partial charge in [-0.2, -0.15) is 0 Å². The molecule has 12 heteroatoms. The van der Waals surface area contributed by atoms with Crippen molar-refractivity contribution in [3.05, 3.63) is 0 Å². The van der Waals surface area contributed by atoms with Gasteiger partial charge in [-0.1, -0.05) is 20.3 Å². The Hall–Kier alpha value is -1.83. The van der Waals surface area contributed by atoms with Gasteiger partial charge in [-0.15, -0.1) is 0 Å². The fraction of sp³-hybridized carbons (Fsp3) is 0.850. The molecule has 1 saturated heterocycles. The van der Waals surface area contributed by atoms with Gasteiger partial charge in [0.2, 0.25) is 11.7 Å². The Morgan fingerprint density at radius 3 is 2.31 bits per heavy atom. The van der Waals surface area contributed by atoms with Crippen molar-refractivity contribution in [3.8, 4) is 0 Å². The second-order valence-electron chi connectivity index (χ2n) is 9.10. The largest absolute Gasteiger partial charge is 0.481 e. The van der Waals surface area contributed by atoms with Crippen molar-refractivity contribution < 1.29 is 49.4 Å². The molecule has 0 aromatic carbocycles. The number of nitrogens with one attached hydrogen (secondary N) is 2.